The molecule has 2 aromatic rings. The first-order chi connectivity index (χ1) is 21.7. The minimum Gasteiger partial charge on any atom is -0.502 e. The molecule has 3 saturated heterocycles. The van der Waals surface area contributed by atoms with Gasteiger partial charge < -0.3 is 53.4 Å². The van der Waals surface area contributed by atoms with Crippen LogP contribution in [0.1, 0.15) is 41.7 Å². The Labute approximate surface area is 263 Å². The highest BCUT2D eigenvalue weighted by molar-refractivity contribution is 8.00. The number of cyclic esters (lactones) is 1. The number of phenolic OH excluding ortho intramolecular Hbond substituents is 1. The summed E-state index contributed by atoms with van der Waals surface area (Å²) in [7, 11) is 2.89. The quantitative estimate of drug-likeness (QED) is 0.393. The van der Waals surface area contributed by atoms with Gasteiger partial charge in [-0.15, -0.1) is 11.8 Å². The zero-order chi connectivity index (χ0) is 31.6. The lowest BCUT2D eigenvalue weighted by atomic mass is 9.67. The van der Waals surface area contributed by atoms with Crippen LogP contribution in [0, 0.1) is 11.8 Å². The number of methoxy groups -OCH3 is 2. The van der Waals surface area contributed by atoms with E-state index in [1.807, 2.05) is 12.1 Å². The minimum absolute atomic E-state index is 0.0560. The first kappa shape index (κ1) is 30.2. The maximum Gasteiger partial charge on any atom is 0.310 e. The number of nitrogens with one attached hydrogen (secondary N) is 1. The van der Waals surface area contributed by atoms with Crippen molar-refractivity contribution in [1.29, 1.82) is 0 Å². The predicted molar refractivity (Wildman–Crippen MR) is 156 cm³/mol. The van der Waals surface area contributed by atoms with E-state index in [2.05, 4.69) is 5.32 Å². The maximum atomic E-state index is 13.6. The van der Waals surface area contributed by atoms with Gasteiger partial charge in [0, 0.05) is 24.0 Å². The molecular weight excluding hydrogens is 610 g/mol. The van der Waals surface area contributed by atoms with Crippen molar-refractivity contribution in [3.05, 3.63) is 41.0 Å². The van der Waals surface area contributed by atoms with E-state index in [9.17, 15) is 19.8 Å². The van der Waals surface area contributed by atoms with E-state index >= 15 is 0 Å². The smallest absolute Gasteiger partial charge is 0.310 e. The van der Waals surface area contributed by atoms with E-state index < -0.39 is 47.9 Å². The number of hydrogen-bond acceptors (Lipinski definition) is 13. The van der Waals surface area contributed by atoms with E-state index in [4.69, 9.17) is 37.9 Å². The summed E-state index contributed by atoms with van der Waals surface area (Å²) in [5, 5.41) is 24.6. The molecule has 1 amide bonds. The van der Waals surface area contributed by atoms with Gasteiger partial charge in [0.05, 0.1) is 39.4 Å². The second-order valence-corrected chi connectivity index (χ2v) is 13.0. The summed E-state index contributed by atoms with van der Waals surface area (Å²) >= 11 is 1.41. The Balaban J connectivity index is 1.33. The van der Waals surface area contributed by atoms with Gasteiger partial charge in [-0.2, -0.15) is 0 Å². The van der Waals surface area contributed by atoms with Gasteiger partial charge in [-0.05, 0) is 47.9 Å². The van der Waals surface area contributed by atoms with Gasteiger partial charge in [-0.25, -0.2) is 0 Å². The fourth-order valence-corrected chi connectivity index (χ4v) is 8.84. The fourth-order valence-electron chi connectivity index (χ4n) is 7.14. The van der Waals surface area contributed by atoms with Gasteiger partial charge in [-0.3, -0.25) is 9.59 Å². The van der Waals surface area contributed by atoms with Crippen molar-refractivity contribution in [3.63, 3.8) is 0 Å². The van der Waals surface area contributed by atoms with Crippen LogP contribution in [0.3, 0.4) is 0 Å². The second kappa shape index (κ2) is 11.7. The Morgan fingerprint density at radius 1 is 1.00 bits per heavy atom. The molecule has 5 aliphatic rings. The third-order valence-electron chi connectivity index (χ3n) is 9.15. The number of aromatic hydroxyl groups is 1. The number of rotatable bonds is 6. The van der Waals surface area contributed by atoms with E-state index in [1.165, 1.54) is 32.9 Å². The molecule has 10 atom stereocenters. The number of thioether (sulfide) groups is 1. The third kappa shape index (κ3) is 5.12. The number of hydrogen-bond donors (Lipinski definition) is 3. The number of fused-ring (bicyclic) bond motifs is 4. The van der Waals surface area contributed by atoms with Crippen LogP contribution < -0.4 is 24.3 Å². The van der Waals surface area contributed by atoms with Gasteiger partial charge >= 0.3 is 5.97 Å². The average Bonchev–Trinajstić information content (AvgIpc) is 3.64. The summed E-state index contributed by atoms with van der Waals surface area (Å²) in [5.41, 5.74) is 1.63. The summed E-state index contributed by atoms with van der Waals surface area (Å²) in [6.45, 7) is 3.54. The van der Waals surface area contributed by atoms with E-state index in [1.54, 1.807) is 19.1 Å². The van der Waals surface area contributed by atoms with Gasteiger partial charge in [0.2, 0.25) is 18.4 Å². The third-order valence-corrected chi connectivity index (χ3v) is 10.7. The summed E-state index contributed by atoms with van der Waals surface area (Å²) in [6.07, 6.45) is -2.86. The van der Waals surface area contributed by atoms with E-state index in [0.29, 0.717) is 17.1 Å². The second-order valence-electron chi connectivity index (χ2n) is 11.7. The zero-order valence-corrected chi connectivity index (χ0v) is 25.9. The highest BCUT2D eigenvalue weighted by Crippen LogP contribution is 2.60. The van der Waals surface area contributed by atoms with Crippen LogP contribution in [0.5, 0.6) is 28.7 Å². The fraction of sp³-hybridized carbons (Fsp3) is 0.548. The lowest BCUT2D eigenvalue weighted by Gasteiger charge is -2.49. The van der Waals surface area contributed by atoms with Crippen molar-refractivity contribution in [2.75, 3.05) is 34.2 Å². The first-order valence-electron chi connectivity index (χ1n) is 14.8. The number of ether oxygens (including phenoxy) is 8. The van der Waals surface area contributed by atoms with E-state index in [0.717, 1.165) is 11.1 Å². The monoisotopic (exact) mass is 645 g/mol. The maximum absolute atomic E-state index is 13.6. The summed E-state index contributed by atoms with van der Waals surface area (Å²) in [4.78, 5) is 25.9. The molecule has 14 heteroatoms. The van der Waals surface area contributed by atoms with Crippen molar-refractivity contribution >= 4 is 23.6 Å². The van der Waals surface area contributed by atoms with Crippen molar-refractivity contribution in [1.82, 2.24) is 5.32 Å². The molecular formula is C31H35NO12S. The molecule has 3 N–H and O–H groups in total. The molecule has 7 rings (SSSR count). The van der Waals surface area contributed by atoms with Crippen LogP contribution >= 0.6 is 11.8 Å². The largest absolute Gasteiger partial charge is 0.502 e. The molecule has 45 heavy (non-hydrogen) atoms. The van der Waals surface area contributed by atoms with Gasteiger partial charge in [-0.1, -0.05) is 0 Å². The van der Waals surface area contributed by atoms with Crippen molar-refractivity contribution in [3.8, 4) is 28.7 Å². The molecule has 2 aromatic carbocycles. The van der Waals surface area contributed by atoms with Crippen molar-refractivity contribution in [2.24, 2.45) is 11.8 Å². The Morgan fingerprint density at radius 3 is 2.36 bits per heavy atom. The van der Waals surface area contributed by atoms with Crippen LogP contribution in [0.2, 0.25) is 0 Å². The number of benzene rings is 2. The molecule has 4 heterocycles. The van der Waals surface area contributed by atoms with E-state index in [-0.39, 0.29) is 60.3 Å². The van der Waals surface area contributed by atoms with Crippen LogP contribution in [0.25, 0.3) is 0 Å². The number of esters is 1. The summed E-state index contributed by atoms with van der Waals surface area (Å²) in [6, 6.07) is 6.39. The molecule has 0 bridgehead atoms. The highest BCUT2D eigenvalue weighted by Gasteiger charge is 2.56. The van der Waals surface area contributed by atoms with Gasteiger partial charge in [0.15, 0.2) is 29.3 Å². The number of carbonyl (C=O) groups excluding carboxylic acids is 2. The molecule has 3 fully saturated rings. The molecule has 0 aromatic heterocycles. The van der Waals surface area contributed by atoms with Crippen LogP contribution in [-0.4, -0.2) is 92.4 Å². The molecule has 0 saturated carbocycles. The molecule has 1 aliphatic carbocycles. The average molecular weight is 646 g/mol. The normalized spacial score (nSPS) is 34.6. The predicted octanol–water partition coefficient (Wildman–Crippen LogP) is 2.20. The SMILES string of the molecule is COc1cc([C@H]2c3cc4c(cc3[C@@H](S[C@@H]3O[C@@H]5COC(C)O[C@H]5[C@H](O)[C@H]3NC(C)=O)[C@H]3COC(=O)[C@H]23)OCO4)cc(OC)c1O. The standard InChI is InChI=1S/C31H35NO12S/c1-12(33)32-25-27(35)28-22(10-39-13(2)43-28)44-31(25)45-29-16-8-19-18(41-11-42-19)7-15(16)23(24-17(29)9-40-30(24)36)14-5-20(37-3)26(34)21(6-14)38-4/h5-8,13,17,22-25,27-29,31,34-35H,9-11H2,1-4H3,(H,32,33)/t13?,17-,22+,23-,24-,25+,27+,28+,29+,31-/m0/s1. The molecule has 0 radical (unpaired) electrons. The summed E-state index contributed by atoms with van der Waals surface area (Å²) in [5.74, 6) is -0.798. The zero-order valence-electron chi connectivity index (χ0n) is 25.1. The molecule has 13 nitrogen and oxygen atoms in total. The molecule has 1 unspecified atom stereocenters. The van der Waals surface area contributed by atoms with Crippen LogP contribution in [0.15, 0.2) is 24.3 Å². The Kier molecular flexibility index (Phi) is 7.89. The van der Waals surface area contributed by atoms with Crippen molar-refractivity contribution in [2.45, 2.75) is 61.1 Å². The molecule has 0 spiro atoms. The van der Waals surface area contributed by atoms with Gasteiger partial charge in [0.1, 0.15) is 23.7 Å². The number of phenols is 1. The number of amides is 1. The summed E-state index contributed by atoms with van der Waals surface area (Å²) < 4.78 is 46.2. The highest BCUT2D eigenvalue weighted by atomic mass is 32.2. The first-order valence-corrected chi connectivity index (χ1v) is 15.7. The number of aliphatic hydroxyl groups is 1. The number of carbonyl (C=O) groups is 2. The Morgan fingerprint density at radius 2 is 1.69 bits per heavy atom. The topological polar surface area (TPSA) is 160 Å². The van der Waals surface area contributed by atoms with Crippen molar-refractivity contribution < 1.29 is 57.7 Å². The van der Waals surface area contributed by atoms with Crippen LogP contribution in [0.4, 0.5) is 0 Å². The van der Waals surface area contributed by atoms with Crippen LogP contribution in [-0.2, 0) is 28.5 Å². The molecule has 242 valence electrons. The molecule has 4 aliphatic heterocycles. The lowest BCUT2D eigenvalue weighted by Crippen LogP contribution is -2.66. The Hall–Kier alpha value is -3.43. The number of aliphatic hydroxyl groups excluding tert-OH is 1. The lowest BCUT2D eigenvalue weighted by molar-refractivity contribution is -0.297. The van der Waals surface area contributed by atoms with Gasteiger partial charge in [0.25, 0.3) is 0 Å². The minimum atomic E-state index is -1.07. The Bertz CT molecular complexity index is 1480.